The Morgan fingerprint density at radius 1 is 0.667 bits per heavy atom. The van der Waals surface area contributed by atoms with Crippen LogP contribution in [0.3, 0.4) is 0 Å². The molecule has 0 unspecified atom stereocenters. The summed E-state index contributed by atoms with van der Waals surface area (Å²) in [5.41, 5.74) is 10.7. The molecule has 0 bridgehead atoms. The molecular weight excluding hydrogens is 988 g/mol. The summed E-state index contributed by atoms with van der Waals surface area (Å²) in [6, 6.07) is 48.2. The average molecular weight is 1050 g/mol. The van der Waals surface area contributed by atoms with Gasteiger partial charge >= 0.3 is 0 Å². The molecule has 3 aromatic heterocycles. The Morgan fingerprint density at radius 3 is 2.06 bits per heavy atom. The molecule has 5 nitrogen and oxygen atoms in total. The fraction of sp³-hybridized carbons (Fsp3) is 0.200. The summed E-state index contributed by atoms with van der Waals surface area (Å²) in [5, 5.41) is 2.13. The summed E-state index contributed by atoms with van der Waals surface area (Å²) in [7, 11) is 0. The number of rotatable bonds is 11. The van der Waals surface area contributed by atoms with Crippen LogP contribution in [-0.4, -0.2) is 14.1 Å². The Morgan fingerprint density at radius 2 is 1.33 bits per heavy atom. The summed E-state index contributed by atoms with van der Waals surface area (Å²) < 4.78 is 56.9. The van der Waals surface area contributed by atoms with Gasteiger partial charge in [-0.2, -0.15) is 18.2 Å². The van der Waals surface area contributed by atoms with Gasteiger partial charge in [0.2, 0.25) is 0 Å². The molecule has 332 valence electrons. The second-order valence-electron chi connectivity index (χ2n) is 18.8. The van der Waals surface area contributed by atoms with Crippen LogP contribution in [-0.2, 0) is 39.3 Å². The molecule has 10 aromatic rings. The van der Waals surface area contributed by atoms with Crippen LogP contribution in [0.1, 0.15) is 72.0 Å². The van der Waals surface area contributed by atoms with Crippen LogP contribution in [0.5, 0.6) is 11.5 Å². The molecule has 0 fully saturated rings. The number of aromatic nitrogens is 4. The molecule has 7 aromatic carbocycles. The molecular formula is C60H54N4OPt-2. The zero-order chi connectivity index (χ0) is 49.2. The van der Waals surface area contributed by atoms with Crippen LogP contribution < -0.4 is 9.30 Å². The van der Waals surface area contributed by atoms with Crippen molar-refractivity contribution < 1.29 is 37.2 Å². The minimum atomic E-state index is -0.438. The maximum absolute atomic E-state index is 9.18. The van der Waals surface area contributed by atoms with Gasteiger partial charge in [-0.25, -0.2) is 4.98 Å². The molecule has 66 heavy (non-hydrogen) atoms. The molecule has 0 N–H and O–H groups in total. The van der Waals surface area contributed by atoms with E-state index in [1.165, 1.54) is 16.7 Å². The van der Waals surface area contributed by atoms with Crippen molar-refractivity contribution in [3.05, 3.63) is 199 Å². The predicted molar refractivity (Wildman–Crippen MR) is 267 cm³/mol. The normalized spacial score (nSPS) is 12.9. The van der Waals surface area contributed by atoms with E-state index in [0.717, 1.165) is 62.6 Å². The average Bonchev–Trinajstić information content (AvgIpc) is 3.88. The Balaban J connectivity index is 0.00000624. The first-order valence-corrected chi connectivity index (χ1v) is 22.5. The number of imidazole rings is 1. The molecule has 0 aliphatic heterocycles. The van der Waals surface area contributed by atoms with Crippen LogP contribution >= 0.6 is 0 Å². The van der Waals surface area contributed by atoms with Crippen molar-refractivity contribution in [1.82, 2.24) is 14.1 Å². The molecule has 6 heteroatoms. The molecule has 0 atom stereocenters. The van der Waals surface area contributed by atoms with Gasteiger partial charge in [0, 0.05) is 44.3 Å². The minimum absolute atomic E-state index is 0. The molecule has 0 saturated carbocycles. The van der Waals surface area contributed by atoms with Gasteiger partial charge in [-0.1, -0.05) is 163 Å². The van der Waals surface area contributed by atoms with Gasteiger partial charge in [0.05, 0.1) is 23.6 Å². The summed E-state index contributed by atoms with van der Waals surface area (Å²) >= 11 is 0. The number of benzene rings is 7. The van der Waals surface area contributed by atoms with Crippen molar-refractivity contribution in [2.75, 3.05) is 0 Å². The van der Waals surface area contributed by atoms with Crippen molar-refractivity contribution in [2.45, 2.75) is 66.7 Å². The van der Waals surface area contributed by atoms with Gasteiger partial charge in [0.15, 0.2) is 0 Å². The molecule has 0 saturated heterocycles. The molecule has 10 rings (SSSR count). The van der Waals surface area contributed by atoms with Crippen LogP contribution in [0.25, 0.3) is 72.3 Å². The van der Waals surface area contributed by atoms with Crippen molar-refractivity contribution >= 4 is 32.8 Å². The maximum Gasteiger partial charge on any atom is 0.268 e. The van der Waals surface area contributed by atoms with Gasteiger partial charge in [0.25, 0.3) is 6.33 Å². The zero-order valence-electron chi connectivity index (χ0n) is 43.3. The van der Waals surface area contributed by atoms with E-state index in [1.54, 1.807) is 0 Å². The fourth-order valence-electron chi connectivity index (χ4n) is 9.03. The minimum Gasteiger partial charge on any atom is -0.510 e. The van der Waals surface area contributed by atoms with Crippen molar-refractivity contribution in [3.8, 4) is 50.9 Å². The van der Waals surface area contributed by atoms with E-state index < -0.39 is 18.1 Å². The topological polar surface area (TPSA) is 35.9 Å². The van der Waals surface area contributed by atoms with Crippen molar-refractivity contribution in [2.24, 2.45) is 11.8 Å². The van der Waals surface area contributed by atoms with E-state index >= 15 is 0 Å². The number of nitrogens with zero attached hydrogens (tertiary/aromatic N) is 4. The molecule has 3 heterocycles. The van der Waals surface area contributed by atoms with E-state index in [-0.39, 0.29) is 44.1 Å². The third-order valence-electron chi connectivity index (χ3n) is 11.9. The Bertz CT molecular complexity index is 3610. The smallest absolute Gasteiger partial charge is 0.268 e. The quantitative estimate of drug-likeness (QED) is 0.0956. The largest absolute Gasteiger partial charge is 0.510 e. The van der Waals surface area contributed by atoms with E-state index in [0.29, 0.717) is 40.3 Å². The predicted octanol–water partition coefficient (Wildman–Crippen LogP) is 14.6. The standard InChI is InChI=1S/C60H54N4O.Pt/c1-40(2)31-42-33-43(32-41(3)4)35-45(34-42)51-23-16-22-50(44-17-9-8-10-18-44)59(51)63-39-62(55-25-13-14-26-56(55)63)47-19-15-20-48(37-47)65-49-27-28-53-52-21-11-12-24-54(52)64(57(53)38-49)58-36-46(29-30-61-58)60(5,6)7;/h8-30,33-36,40-41H,31-32H2,1-7H3;/q-2;/i8D,9D,10D,17D,18D;. The summed E-state index contributed by atoms with van der Waals surface area (Å²) in [6.45, 7) is 15.5. The van der Waals surface area contributed by atoms with Gasteiger partial charge in [0.1, 0.15) is 5.82 Å². The SMILES string of the molecule is [2H]c1c([2H])c([2H])c(-c2cccc(-c3cc(CC(C)C)cc(CC(C)C)c3)c2-[n+]2[c-]n(-c3[c-]c(Oc4[c-]c5c(cc4)c4ccccc4n5-c4cc(C(C)(C)C)ccn4)ccc3)c3ccccc32)c([2H])c1[2H].[Pt]. The summed E-state index contributed by atoms with van der Waals surface area (Å²) in [4.78, 5) is 4.84. The fourth-order valence-corrected chi connectivity index (χ4v) is 9.03. The van der Waals surface area contributed by atoms with Crippen LogP contribution in [0.4, 0.5) is 0 Å². The number of para-hydroxylation sites is 4. The summed E-state index contributed by atoms with van der Waals surface area (Å²) in [6.07, 6.45) is 7.31. The Labute approximate surface area is 410 Å². The maximum atomic E-state index is 9.18. The first-order chi connectivity index (χ1) is 33.5. The van der Waals surface area contributed by atoms with Gasteiger partial charge in [-0.3, -0.25) is 4.57 Å². The number of fused-ring (bicyclic) bond motifs is 4. The van der Waals surface area contributed by atoms with Crippen LogP contribution in [0.15, 0.2) is 164 Å². The second kappa shape index (κ2) is 18.4. The van der Waals surface area contributed by atoms with E-state index in [4.69, 9.17) is 13.8 Å². The molecule has 0 radical (unpaired) electrons. The third kappa shape index (κ3) is 8.77. The van der Waals surface area contributed by atoms with Gasteiger partial charge < -0.3 is 13.9 Å². The van der Waals surface area contributed by atoms with E-state index in [1.807, 2.05) is 88.1 Å². The number of hydrogen-bond donors (Lipinski definition) is 0. The molecule has 0 amide bonds. The van der Waals surface area contributed by atoms with Crippen LogP contribution in [0, 0.1) is 30.3 Å². The molecule has 0 aliphatic carbocycles. The van der Waals surface area contributed by atoms with Gasteiger partial charge in [-0.05, 0) is 98.3 Å². The van der Waals surface area contributed by atoms with Crippen molar-refractivity contribution in [1.29, 1.82) is 0 Å². The Hall–Kier alpha value is -6.55. The summed E-state index contributed by atoms with van der Waals surface area (Å²) in [5.74, 6) is 2.65. The third-order valence-corrected chi connectivity index (χ3v) is 11.9. The first kappa shape index (κ1) is 38.7. The van der Waals surface area contributed by atoms with Crippen molar-refractivity contribution in [3.63, 3.8) is 0 Å². The Kier molecular flexibility index (Phi) is 10.8. The number of ether oxygens (including phenoxy) is 1. The van der Waals surface area contributed by atoms with Crippen LogP contribution in [0.2, 0.25) is 0 Å². The monoisotopic (exact) mass is 1050 g/mol. The van der Waals surface area contributed by atoms with E-state index in [9.17, 15) is 2.74 Å². The molecule has 0 aliphatic rings. The number of pyridine rings is 1. The zero-order valence-corrected chi connectivity index (χ0v) is 40.6. The van der Waals surface area contributed by atoms with Gasteiger partial charge in [-0.15, -0.1) is 29.7 Å². The second-order valence-corrected chi connectivity index (χ2v) is 18.8. The first-order valence-electron chi connectivity index (χ1n) is 25.0. The number of hydrogen-bond acceptors (Lipinski definition) is 2. The van der Waals surface area contributed by atoms with E-state index in [2.05, 4.69) is 126 Å². The molecule has 0 spiro atoms.